The van der Waals surface area contributed by atoms with Crippen molar-refractivity contribution in [3.8, 4) is 0 Å². The molecule has 110 valence electrons. The third-order valence-corrected chi connectivity index (χ3v) is 4.38. The molecule has 0 aliphatic carbocycles. The van der Waals surface area contributed by atoms with E-state index in [1.54, 1.807) is 12.2 Å². The summed E-state index contributed by atoms with van der Waals surface area (Å²) in [5, 5.41) is 12.2. The maximum Gasteiger partial charge on any atom is 0.310 e. The molecule has 0 spiro atoms. The first kappa shape index (κ1) is 13.6. The number of hydrogen-bond acceptors (Lipinski definition) is 4. The topological polar surface area (TPSA) is 84.9 Å². The fourth-order valence-corrected chi connectivity index (χ4v) is 3.33. The standard InChI is InChI=1S/C14H19NO5/c1-7(8-3-2-6-19-8)15-13(16)11-9-4-5-10(20-9)12(11)14(17)18/h4-5,7-12H,2-3,6H2,1H3,(H,15,16)(H,17,18)/t7-,8-,9-,10+,11-,12-/m0/s1. The van der Waals surface area contributed by atoms with Gasteiger partial charge in [0.15, 0.2) is 0 Å². The van der Waals surface area contributed by atoms with Gasteiger partial charge in [-0.1, -0.05) is 12.2 Å². The van der Waals surface area contributed by atoms with Crippen LogP contribution in [-0.2, 0) is 19.1 Å². The van der Waals surface area contributed by atoms with Gasteiger partial charge in [0.2, 0.25) is 5.91 Å². The molecule has 2 bridgehead atoms. The molecule has 3 heterocycles. The van der Waals surface area contributed by atoms with Crippen LogP contribution in [0.1, 0.15) is 19.8 Å². The minimum Gasteiger partial charge on any atom is -0.481 e. The molecule has 1 amide bonds. The van der Waals surface area contributed by atoms with E-state index in [-0.39, 0.29) is 18.1 Å². The Morgan fingerprint density at radius 1 is 1.30 bits per heavy atom. The van der Waals surface area contributed by atoms with E-state index >= 15 is 0 Å². The summed E-state index contributed by atoms with van der Waals surface area (Å²) in [5.41, 5.74) is 0. The molecule has 0 aromatic heterocycles. The highest BCUT2D eigenvalue weighted by atomic mass is 16.5. The van der Waals surface area contributed by atoms with Gasteiger partial charge in [0.1, 0.15) is 5.92 Å². The molecule has 3 aliphatic heterocycles. The van der Waals surface area contributed by atoms with Crippen molar-refractivity contribution in [2.45, 2.75) is 44.1 Å². The van der Waals surface area contributed by atoms with E-state index < -0.39 is 30.0 Å². The second-order valence-corrected chi connectivity index (χ2v) is 5.69. The maximum absolute atomic E-state index is 12.4. The highest BCUT2D eigenvalue weighted by Gasteiger charge is 2.53. The Labute approximate surface area is 117 Å². The molecule has 3 rings (SSSR count). The molecule has 2 N–H and O–H groups in total. The number of carboxylic acid groups (broad SMARTS) is 1. The van der Waals surface area contributed by atoms with Crippen LogP contribution in [0.15, 0.2) is 12.2 Å². The first-order chi connectivity index (χ1) is 9.58. The van der Waals surface area contributed by atoms with Crippen LogP contribution in [0.2, 0.25) is 0 Å². The van der Waals surface area contributed by atoms with E-state index in [1.807, 2.05) is 6.92 Å². The van der Waals surface area contributed by atoms with E-state index in [0.29, 0.717) is 0 Å². The number of aliphatic carboxylic acids is 1. The molecule has 0 aromatic carbocycles. The number of fused-ring (bicyclic) bond motifs is 2. The summed E-state index contributed by atoms with van der Waals surface area (Å²) in [6.07, 6.45) is 4.57. The van der Waals surface area contributed by atoms with Crippen molar-refractivity contribution in [1.29, 1.82) is 0 Å². The van der Waals surface area contributed by atoms with Crippen LogP contribution < -0.4 is 5.32 Å². The third-order valence-electron chi connectivity index (χ3n) is 4.38. The predicted molar refractivity (Wildman–Crippen MR) is 69.0 cm³/mol. The third kappa shape index (κ3) is 2.23. The Bertz CT molecular complexity index is 443. The largest absolute Gasteiger partial charge is 0.481 e. The minimum absolute atomic E-state index is 0.0253. The van der Waals surface area contributed by atoms with Crippen LogP contribution in [0.4, 0.5) is 0 Å². The molecular weight excluding hydrogens is 262 g/mol. The number of rotatable bonds is 4. The fourth-order valence-electron chi connectivity index (χ4n) is 3.33. The number of ether oxygens (including phenoxy) is 2. The number of carbonyl (C=O) groups excluding carboxylic acids is 1. The number of nitrogens with one attached hydrogen (secondary N) is 1. The summed E-state index contributed by atoms with van der Waals surface area (Å²) >= 11 is 0. The number of carbonyl (C=O) groups is 2. The lowest BCUT2D eigenvalue weighted by atomic mass is 9.82. The van der Waals surface area contributed by atoms with Crippen molar-refractivity contribution in [2.75, 3.05) is 6.61 Å². The van der Waals surface area contributed by atoms with Crippen molar-refractivity contribution in [1.82, 2.24) is 5.32 Å². The second kappa shape index (κ2) is 5.18. The van der Waals surface area contributed by atoms with Gasteiger partial charge in [-0.3, -0.25) is 9.59 Å². The lowest BCUT2D eigenvalue weighted by Gasteiger charge is -2.25. The van der Waals surface area contributed by atoms with Crippen LogP contribution in [0.25, 0.3) is 0 Å². The molecule has 3 aliphatic rings. The molecule has 0 radical (unpaired) electrons. The molecule has 6 nitrogen and oxygen atoms in total. The summed E-state index contributed by atoms with van der Waals surface area (Å²) in [6.45, 7) is 2.62. The Morgan fingerprint density at radius 3 is 2.60 bits per heavy atom. The molecule has 6 heteroatoms. The van der Waals surface area contributed by atoms with Crippen LogP contribution in [0.3, 0.4) is 0 Å². The lowest BCUT2D eigenvalue weighted by molar-refractivity contribution is -0.147. The van der Waals surface area contributed by atoms with Gasteiger partial charge in [0.05, 0.1) is 30.3 Å². The minimum atomic E-state index is -0.980. The van der Waals surface area contributed by atoms with E-state index in [1.165, 1.54) is 0 Å². The van der Waals surface area contributed by atoms with Crippen LogP contribution in [0, 0.1) is 11.8 Å². The summed E-state index contributed by atoms with van der Waals surface area (Å²) < 4.78 is 11.0. The lowest BCUT2D eigenvalue weighted by Crippen LogP contribution is -2.48. The Morgan fingerprint density at radius 2 is 2.00 bits per heavy atom. The van der Waals surface area contributed by atoms with Gasteiger partial charge in [0.25, 0.3) is 0 Å². The number of amides is 1. The fraction of sp³-hybridized carbons (Fsp3) is 0.714. The van der Waals surface area contributed by atoms with Crippen molar-refractivity contribution in [3.63, 3.8) is 0 Å². The van der Waals surface area contributed by atoms with Gasteiger partial charge < -0.3 is 19.9 Å². The molecule has 0 saturated carbocycles. The average molecular weight is 281 g/mol. The van der Waals surface area contributed by atoms with Crippen molar-refractivity contribution in [2.24, 2.45) is 11.8 Å². The highest BCUT2D eigenvalue weighted by Crippen LogP contribution is 2.39. The summed E-state index contributed by atoms with van der Waals surface area (Å²) in [5.74, 6) is -2.67. The highest BCUT2D eigenvalue weighted by molar-refractivity contribution is 5.87. The molecule has 20 heavy (non-hydrogen) atoms. The molecule has 2 saturated heterocycles. The van der Waals surface area contributed by atoms with Gasteiger partial charge >= 0.3 is 5.97 Å². The van der Waals surface area contributed by atoms with Gasteiger partial charge in [0, 0.05) is 6.61 Å². The van der Waals surface area contributed by atoms with Crippen LogP contribution >= 0.6 is 0 Å². The van der Waals surface area contributed by atoms with Gasteiger partial charge in [-0.2, -0.15) is 0 Å². The van der Waals surface area contributed by atoms with E-state index in [4.69, 9.17) is 9.47 Å². The molecule has 0 aromatic rings. The molecular formula is C14H19NO5. The normalized spacial score (nSPS) is 40.0. The number of hydrogen-bond donors (Lipinski definition) is 2. The quantitative estimate of drug-likeness (QED) is 0.725. The van der Waals surface area contributed by atoms with Crippen molar-refractivity contribution < 1.29 is 24.2 Å². The second-order valence-electron chi connectivity index (χ2n) is 5.69. The summed E-state index contributed by atoms with van der Waals surface area (Å²) in [6, 6.07) is -0.109. The van der Waals surface area contributed by atoms with Crippen LogP contribution in [-0.4, -0.2) is 47.9 Å². The van der Waals surface area contributed by atoms with Gasteiger partial charge in [-0.05, 0) is 19.8 Å². The monoisotopic (exact) mass is 281 g/mol. The van der Waals surface area contributed by atoms with E-state index in [2.05, 4.69) is 5.32 Å². The van der Waals surface area contributed by atoms with E-state index in [9.17, 15) is 14.7 Å². The van der Waals surface area contributed by atoms with Crippen LogP contribution in [0.5, 0.6) is 0 Å². The van der Waals surface area contributed by atoms with Crippen molar-refractivity contribution >= 4 is 11.9 Å². The Hall–Kier alpha value is -1.40. The smallest absolute Gasteiger partial charge is 0.310 e. The summed E-state index contributed by atoms with van der Waals surface area (Å²) in [4.78, 5) is 23.7. The predicted octanol–water partition coefficient (Wildman–Crippen LogP) is 0.324. The van der Waals surface area contributed by atoms with Gasteiger partial charge in [-0.25, -0.2) is 0 Å². The Balaban J connectivity index is 1.67. The van der Waals surface area contributed by atoms with Gasteiger partial charge in [-0.15, -0.1) is 0 Å². The number of carboxylic acids is 1. The summed E-state index contributed by atoms with van der Waals surface area (Å²) in [7, 11) is 0. The first-order valence-electron chi connectivity index (χ1n) is 7.06. The SMILES string of the molecule is C[C@H](NC(=O)[C@@H]1[C@@H](C(=O)O)[C@H]2C=C[C@@H]1O2)[C@@H]1CCCO1. The molecule has 0 unspecified atom stereocenters. The molecule has 2 fully saturated rings. The first-order valence-corrected chi connectivity index (χ1v) is 7.06. The van der Waals surface area contributed by atoms with E-state index in [0.717, 1.165) is 19.4 Å². The zero-order chi connectivity index (χ0) is 14.3. The Kier molecular flexibility index (Phi) is 3.52. The maximum atomic E-state index is 12.4. The zero-order valence-electron chi connectivity index (χ0n) is 11.3. The van der Waals surface area contributed by atoms with Crippen molar-refractivity contribution in [3.05, 3.63) is 12.2 Å². The molecule has 6 atom stereocenters. The average Bonchev–Trinajstić information content (AvgIpc) is 3.13. The zero-order valence-corrected chi connectivity index (χ0v) is 11.3.